The minimum atomic E-state index is -0.344. The molecule has 122 valence electrons. The molecule has 2 rings (SSSR count). The summed E-state index contributed by atoms with van der Waals surface area (Å²) in [5.74, 6) is 1.09. The molecule has 0 bridgehead atoms. The Bertz CT molecular complexity index is 513. The fourth-order valence-corrected chi connectivity index (χ4v) is 3.17. The minimum absolute atomic E-state index is 0.0647. The normalized spacial score (nSPS) is 23.0. The molecule has 1 saturated heterocycles. The smallest absolute Gasteiger partial charge is 0.228 e. The summed E-state index contributed by atoms with van der Waals surface area (Å²) in [6, 6.07) is 8.89. The third-order valence-corrected chi connectivity index (χ3v) is 4.49. The van der Waals surface area contributed by atoms with Gasteiger partial charge in [0.1, 0.15) is 0 Å². The number of nitrogens with zero attached hydrogens (tertiary/aromatic N) is 1. The average molecular weight is 302 g/mol. The summed E-state index contributed by atoms with van der Waals surface area (Å²) in [6.07, 6.45) is 0.953. The quantitative estimate of drug-likeness (QED) is 0.909. The summed E-state index contributed by atoms with van der Waals surface area (Å²) < 4.78 is 0. The molecule has 0 saturated carbocycles. The van der Waals surface area contributed by atoms with Crippen molar-refractivity contribution in [3.63, 3.8) is 0 Å². The SMILES string of the molecule is CC(C)c1ccc(C2CC(N)CN(C(=O)C(C)(C)C)C2)cc1. The van der Waals surface area contributed by atoms with E-state index in [-0.39, 0.29) is 17.4 Å². The maximum Gasteiger partial charge on any atom is 0.228 e. The lowest BCUT2D eigenvalue weighted by atomic mass is 9.85. The molecule has 1 heterocycles. The van der Waals surface area contributed by atoms with Crippen molar-refractivity contribution in [3.8, 4) is 0 Å². The predicted molar refractivity (Wildman–Crippen MR) is 91.9 cm³/mol. The van der Waals surface area contributed by atoms with Gasteiger partial charge in [0.25, 0.3) is 0 Å². The highest BCUT2D eigenvalue weighted by Gasteiger charge is 2.34. The molecule has 1 aromatic carbocycles. The Labute approximate surface area is 134 Å². The van der Waals surface area contributed by atoms with E-state index in [0.29, 0.717) is 18.4 Å². The van der Waals surface area contributed by atoms with Gasteiger partial charge in [0.15, 0.2) is 0 Å². The first kappa shape index (κ1) is 17.0. The van der Waals surface area contributed by atoms with E-state index in [0.717, 1.165) is 13.0 Å². The number of likely N-dealkylation sites (tertiary alicyclic amines) is 1. The zero-order valence-corrected chi connectivity index (χ0v) is 14.6. The van der Waals surface area contributed by atoms with Gasteiger partial charge in [0.2, 0.25) is 5.91 Å². The molecule has 2 unspecified atom stereocenters. The molecular weight excluding hydrogens is 272 g/mol. The van der Waals surface area contributed by atoms with Crippen LogP contribution in [0.1, 0.15) is 64.0 Å². The highest BCUT2D eigenvalue weighted by Crippen LogP contribution is 2.30. The second kappa shape index (κ2) is 6.41. The molecule has 1 fully saturated rings. The summed E-state index contributed by atoms with van der Waals surface area (Å²) in [6.45, 7) is 11.8. The number of amides is 1. The average Bonchev–Trinajstić information content (AvgIpc) is 2.45. The summed E-state index contributed by atoms with van der Waals surface area (Å²) in [7, 11) is 0. The molecule has 1 amide bonds. The van der Waals surface area contributed by atoms with Crippen molar-refractivity contribution in [1.82, 2.24) is 4.90 Å². The molecule has 2 N–H and O–H groups in total. The lowest BCUT2D eigenvalue weighted by molar-refractivity contribution is -0.141. The number of piperidine rings is 1. The van der Waals surface area contributed by atoms with E-state index in [4.69, 9.17) is 5.73 Å². The van der Waals surface area contributed by atoms with Crippen molar-refractivity contribution in [2.75, 3.05) is 13.1 Å². The molecule has 1 aliphatic rings. The summed E-state index contributed by atoms with van der Waals surface area (Å²) in [5, 5.41) is 0. The maximum absolute atomic E-state index is 12.6. The van der Waals surface area contributed by atoms with Crippen molar-refractivity contribution >= 4 is 5.91 Å². The van der Waals surface area contributed by atoms with Gasteiger partial charge in [0, 0.05) is 30.5 Å². The molecule has 2 atom stereocenters. The number of rotatable bonds is 2. The van der Waals surface area contributed by atoms with Crippen molar-refractivity contribution in [2.45, 2.75) is 58.9 Å². The van der Waals surface area contributed by atoms with Crippen LogP contribution >= 0.6 is 0 Å². The van der Waals surface area contributed by atoms with Crippen LogP contribution in [0.2, 0.25) is 0 Å². The van der Waals surface area contributed by atoms with Crippen molar-refractivity contribution in [1.29, 1.82) is 0 Å². The van der Waals surface area contributed by atoms with Crippen LogP contribution in [0, 0.1) is 5.41 Å². The first-order chi connectivity index (χ1) is 10.2. The first-order valence-corrected chi connectivity index (χ1v) is 8.33. The van der Waals surface area contributed by atoms with Gasteiger partial charge in [-0.25, -0.2) is 0 Å². The van der Waals surface area contributed by atoms with E-state index >= 15 is 0 Å². The molecule has 1 aliphatic heterocycles. The molecule has 0 radical (unpaired) electrons. The molecule has 0 aliphatic carbocycles. The Morgan fingerprint density at radius 2 is 1.77 bits per heavy atom. The maximum atomic E-state index is 12.6. The Balaban J connectivity index is 2.15. The van der Waals surface area contributed by atoms with Crippen LogP contribution in [0.3, 0.4) is 0 Å². The van der Waals surface area contributed by atoms with Gasteiger partial charge in [-0.15, -0.1) is 0 Å². The van der Waals surface area contributed by atoms with Crippen LogP contribution in [-0.2, 0) is 4.79 Å². The second-order valence-corrected chi connectivity index (χ2v) is 7.97. The Morgan fingerprint density at radius 3 is 2.27 bits per heavy atom. The topological polar surface area (TPSA) is 46.3 Å². The monoisotopic (exact) mass is 302 g/mol. The van der Waals surface area contributed by atoms with E-state index in [1.165, 1.54) is 11.1 Å². The van der Waals surface area contributed by atoms with Crippen LogP contribution in [0.25, 0.3) is 0 Å². The molecule has 22 heavy (non-hydrogen) atoms. The lowest BCUT2D eigenvalue weighted by Gasteiger charge is -2.39. The highest BCUT2D eigenvalue weighted by molar-refractivity contribution is 5.81. The van der Waals surface area contributed by atoms with Gasteiger partial charge < -0.3 is 10.6 Å². The molecule has 3 heteroatoms. The van der Waals surface area contributed by atoms with Crippen LogP contribution < -0.4 is 5.73 Å². The fraction of sp³-hybridized carbons (Fsp3) is 0.632. The van der Waals surface area contributed by atoms with Gasteiger partial charge in [-0.05, 0) is 23.5 Å². The van der Waals surface area contributed by atoms with Crippen LogP contribution in [-0.4, -0.2) is 29.9 Å². The summed E-state index contributed by atoms with van der Waals surface area (Å²) in [4.78, 5) is 14.5. The van der Waals surface area contributed by atoms with Crippen LogP contribution in [0.4, 0.5) is 0 Å². The molecule has 1 aromatic rings. The van der Waals surface area contributed by atoms with Crippen molar-refractivity contribution in [2.24, 2.45) is 11.1 Å². The number of carbonyl (C=O) groups excluding carboxylic acids is 1. The first-order valence-electron chi connectivity index (χ1n) is 8.33. The standard InChI is InChI=1S/C19H30N2O/c1-13(2)14-6-8-15(9-7-14)16-10-17(20)12-21(11-16)18(22)19(3,4)5/h6-9,13,16-17H,10-12,20H2,1-5H3. The van der Waals surface area contributed by atoms with Gasteiger partial charge in [-0.3, -0.25) is 4.79 Å². The third kappa shape index (κ3) is 3.89. The van der Waals surface area contributed by atoms with Crippen LogP contribution in [0.5, 0.6) is 0 Å². The number of hydrogen-bond donors (Lipinski definition) is 1. The third-order valence-electron chi connectivity index (χ3n) is 4.49. The summed E-state index contributed by atoms with van der Waals surface area (Å²) >= 11 is 0. The number of hydrogen-bond acceptors (Lipinski definition) is 2. The lowest BCUT2D eigenvalue weighted by Crippen LogP contribution is -2.51. The fourth-order valence-electron chi connectivity index (χ4n) is 3.17. The zero-order chi connectivity index (χ0) is 16.5. The molecule has 0 aromatic heterocycles. The van der Waals surface area contributed by atoms with Gasteiger partial charge in [-0.1, -0.05) is 58.9 Å². The van der Waals surface area contributed by atoms with E-state index < -0.39 is 0 Å². The van der Waals surface area contributed by atoms with Gasteiger partial charge in [-0.2, -0.15) is 0 Å². The summed E-state index contributed by atoms with van der Waals surface area (Å²) in [5.41, 5.74) is 8.52. The van der Waals surface area contributed by atoms with Gasteiger partial charge in [0.05, 0.1) is 0 Å². The van der Waals surface area contributed by atoms with E-state index in [1.54, 1.807) is 0 Å². The number of carbonyl (C=O) groups is 1. The van der Waals surface area contributed by atoms with E-state index in [2.05, 4.69) is 38.1 Å². The van der Waals surface area contributed by atoms with Crippen LogP contribution in [0.15, 0.2) is 24.3 Å². The predicted octanol–water partition coefficient (Wildman–Crippen LogP) is 3.50. The second-order valence-electron chi connectivity index (χ2n) is 7.97. The van der Waals surface area contributed by atoms with E-state index in [9.17, 15) is 4.79 Å². The molecule has 3 nitrogen and oxygen atoms in total. The minimum Gasteiger partial charge on any atom is -0.340 e. The zero-order valence-electron chi connectivity index (χ0n) is 14.6. The number of nitrogens with two attached hydrogens (primary N) is 1. The molecular formula is C19H30N2O. The Hall–Kier alpha value is -1.35. The van der Waals surface area contributed by atoms with Gasteiger partial charge >= 0.3 is 0 Å². The number of benzene rings is 1. The largest absolute Gasteiger partial charge is 0.340 e. The highest BCUT2D eigenvalue weighted by atomic mass is 16.2. The van der Waals surface area contributed by atoms with Crippen molar-refractivity contribution < 1.29 is 4.79 Å². The Kier molecular flexibility index (Phi) is 4.96. The Morgan fingerprint density at radius 1 is 1.18 bits per heavy atom. The molecule has 0 spiro atoms. The van der Waals surface area contributed by atoms with Crippen molar-refractivity contribution in [3.05, 3.63) is 35.4 Å². The van der Waals surface area contributed by atoms with E-state index in [1.807, 2.05) is 25.7 Å².